The van der Waals surface area contributed by atoms with E-state index >= 15 is 0 Å². The summed E-state index contributed by atoms with van der Waals surface area (Å²) in [5.41, 5.74) is 2.60. The van der Waals surface area contributed by atoms with E-state index in [1.54, 1.807) is 0 Å². The first kappa shape index (κ1) is 14.7. The van der Waals surface area contributed by atoms with Crippen LogP contribution in [0.2, 0.25) is 0 Å². The van der Waals surface area contributed by atoms with Crippen molar-refractivity contribution < 1.29 is 27.8 Å². The van der Waals surface area contributed by atoms with Crippen LogP contribution in [-0.2, 0) is 4.74 Å². The fourth-order valence-electron chi connectivity index (χ4n) is 1.16. The molecule has 0 aromatic heterocycles. The fourth-order valence-corrected chi connectivity index (χ4v) is 1.16. The highest BCUT2D eigenvalue weighted by Crippen LogP contribution is 2.28. The van der Waals surface area contributed by atoms with E-state index in [0.29, 0.717) is 5.56 Å². The number of hydrazone groups is 1. The van der Waals surface area contributed by atoms with E-state index < -0.39 is 12.7 Å². The van der Waals surface area contributed by atoms with Crippen molar-refractivity contribution in [3.8, 4) is 11.5 Å². The van der Waals surface area contributed by atoms with Gasteiger partial charge < -0.3 is 14.2 Å². The van der Waals surface area contributed by atoms with Crippen molar-refractivity contribution in [1.29, 1.82) is 0 Å². The molecule has 1 amide bonds. The molecule has 0 saturated heterocycles. The second kappa shape index (κ2) is 7.14. The lowest BCUT2D eigenvalue weighted by Gasteiger charge is -2.09. The minimum atomic E-state index is -2.94. The number of amides is 1. The van der Waals surface area contributed by atoms with Crippen molar-refractivity contribution in [2.75, 3.05) is 14.2 Å². The van der Waals surface area contributed by atoms with Crippen LogP contribution in [0.25, 0.3) is 0 Å². The Kier molecular flexibility index (Phi) is 5.52. The molecule has 1 aromatic rings. The highest BCUT2D eigenvalue weighted by Gasteiger charge is 2.10. The number of carbonyl (C=O) groups is 1. The number of nitrogens with zero attached hydrogens (tertiary/aromatic N) is 1. The smallest absolute Gasteiger partial charge is 0.427 e. The average molecular weight is 274 g/mol. The van der Waals surface area contributed by atoms with E-state index in [0.717, 1.165) is 0 Å². The maximum atomic E-state index is 12.1. The third kappa shape index (κ3) is 4.78. The van der Waals surface area contributed by atoms with Crippen molar-refractivity contribution in [1.82, 2.24) is 5.43 Å². The summed E-state index contributed by atoms with van der Waals surface area (Å²) >= 11 is 0. The molecule has 1 aromatic carbocycles. The molecule has 0 unspecified atom stereocenters. The molecule has 1 N–H and O–H groups in total. The van der Waals surface area contributed by atoms with Crippen LogP contribution in [0.5, 0.6) is 11.5 Å². The number of alkyl halides is 2. The SMILES string of the molecule is COC(=O)N/N=C\c1ccc(OC(F)F)c(OC)c1. The van der Waals surface area contributed by atoms with Gasteiger partial charge in [-0.15, -0.1) is 0 Å². The van der Waals surface area contributed by atoms with Gasteiger partial charge in [-0.05, 0) is 23.8 Å². The monoisotopic (exact) mass is 274 g/mol. The number of carbonyl (C=O) groups excluding carboxylic acids is 1. The Bertz CT molecular complexity index is 466. The molecule has 0 heterocycles. The normalized spacial score (nSPS) is 10.6. The lowest BCUT2D eigenvalue weighted by molar-refractivity contribution is -0.0512. The molecular weight excluding hydrogens is 262 g/mol. The van der Waals surface area contributed by atoms with E-state index in [4.69, 9.17) is 4.74 Å². The van der Waals surface area contributed by atoms with E-state index in [-0.39, 0.29) is 11.5 Å². The number of rotatable bonds is 5. The standard InChI is InChI=1S/C11H12F2N2O4/c1-17-9-5-7(6-14-15-11(16)18-2)3-4-8(9)19-10(12)13/h3-6,10H,1-2H3,(H,15,16)/b14-6-. The van der Waals surface area contributed by atoms with Gasteiger partial charge in [0.15, 0.2) is 11.5 Å². The van der Waals surface area contributed by atoms with E-state index in [2.05, 4.69) is 20.0 Å². The van der Waals surface area contributed by atoms with Gasteiger partial charge in [-0.3, -0.25) is 0 Å². The van der Waals surface area contributed by atoms with Crippen LogP contribution in [0.1, 0.15) is 5.56 Å². The first-order valence-electron chi connectivity index (χ1n) is 5.06. The van der Waals surface area contributed by atoms with Gasteiger partial charge in [-0.1, -0.05) is 0 Å². The second-order valence-electron chi connectivity index (χ2n) is 3.15. The second-order valence-corrected chi connectivity index (χ2v) is 3.15. The van der Waals surface area contributed by atoms with Crippen LogP contribution in [0, 0.1) is 0 Å². The topological polar surface area (TPSA) is 69.2 Å². The Morgan fingerprint density at radius 1 is 1.37 bits per heavy atom. The zero-order chi connectivity index (χ0) is 14.3. The molecule has 104 valence electrons. The number of ether oxygens (including phenoxy) is 3. The van der Waals surface area contributed by atoms with Gasteiger partial charge >= 0.3 is 12.7 Å². The highest BCUT2D eigenvalue weighted by atomic mass is 19.3. The van der Waals surface area contributed by atoms with Gasteiger partial charge in [-0.2, -0.15) is 13.9 Å². The molecule has 0 spiro atoms. The predicted molar refractivity (Wildman–Crippen MR) is 62.8 cm³/mol. The molecule has 19 heavy (non-hydrogen) atoms. The summed E-state index contributed by atoms with van der Waals surface area (Å²) in [6, 6.07) is 4.22. The van der Waals surface area contributed by atoms with Gasteiger partial charge in [0.05, 0.1) is 20.4 Å². The van der Waals surface area contributed by atoms with Crippen molar-refractivity contribution in [2.24, 2.45) is 5.10 Å². The van der Waals surface area contributed by atoms with Gasteiger partial charge in [0.2, 0.25) is 0 Å². The predicted octanol–water partition coefficient (Wildman–Crippen LogP) is 1.99. The van der Waals surface area contributed by atoms with Crippen LogP contribution in [-0.4, -0.2) is 33.1 Å². The van der Waals surface area contributed by atoms with E-state index in [1.165, 1.54) is 38.6 Å². The Balaban J connectivity index is 2.79. The van der Waals surface area contributed by atoms with Gasteiger partial charge in [0.25, 0.3) is 0 Å². The molecule has 0 fully saturated rings. The van der Waals surface area contributed by atoms with Crippen LogP contribution >= 0.6 is 0 Å². The summed E-state index contributed by atoms with van der Waals surface area (Å²) in [6.45, 7) is -2.94. The van der Waals surface area contributed by atoms with Crippen LogP contribution < -0.4 is 14.9 Å². The summed E-state index contributed by atoms with van der Waals surface area (Å²) < 4.78 is 37.7. The Morgan fingerprint density at radius 2 is 2.11 bits per heavy atom. The molecule has 6 nitrogen and oxygen atoms in total. The summed E-state index contributed by atoms with van der Waals surface area (Å²) in [7, 11) is 2.52. The summed E-state index contributed by atoms with van der Waals surface area (Å²) in [5.74, 6) is 0.0397. The number of methoxy groups -OCH3 is 2. The molecule has 0 aliphatic rings. The maximum absolute atomic E-state index is 12.1. The van der Waals surface area contributed by atoms with E-state index in [1.807, 2.05) is 0 Å². The third-order valence-electron chi connectivity index (χ3n) is 1.96. The molecule has 0 aliphatic heterocycles. The Morgan fingerprint density at radius 3 is 2.68 bits per heavy atom. The molecule has 0 atom stereocenters. The third-order valence-corrected chi connectivity index (χ3v) is 1.96. The molecule has 0 bridgehead atoms. The number of hydrogen-bond acceptors (Lipinski definition) is 5. The van der Waals surface area contributed by atoms with Gasteiger partial charge in [0, 0.05) is 0 Å². The molecule has 0 saturated carbocycles. The van der Waals surface area contributed by atoms with Crippen LogP contribution in [0.15, 0.2) is 23.3 Å². The lowest BCUT2D eigenvalue weighted by atomic mass is 10.2. The minimum Gasteiger partial charge on any atom is -0.493 e. The molecule has 1 rings (SSSR count). The molecule has 0 radical (unpaired) electrons. The Labute approximate surface area is 108 Å². The molecule has 0 aliphatic carbocycles. The highest BCUT2D eigenvalue weighted by molar-refractivity contribution is 5.82. The number of nitrogens with one attached hydrogen (secondary N) is 1. The zero-order valence-corrected chi connectivity index (χ0v) is 10.2. The van der Waals surface area contributed by atoms with Gasteiger partial charge in [0.1, 0.15) is 0 Å². The van der Waals surface area contributed by atoms with Gasteiger partial charge in [-0.25, -0.2) is 10.2 Å². The fraction of sp³-hybridized carbons (Fsp3) is 0.273. The zero-order valence-electron chi connectivity index (χ0n) is 10.2. The van der Waals surface area contributed by atoms with Crippen LogP contribution in [0.3, 0.4) is 0 Å². The number of halogens is 2. The lowest BCUT2D eigenvalue weighted by Crippen LogP contribution is -2.16. The first-order chi connectivity index (χ1) is 9.06. The average Bonchev–Trinajstić information content (AvgIpc) is 2.39. The quantitative estimate of drug-likeness (QED) is 0.658. The van der Waals surface area contributed by atoms with E-state index in [9.17, 15) is 13.6 Å². The minimum absolute atomic E-state index is 0.0874. The maximum Gasteiger partial charge on any atom is 0.427 e. The van der Waals surface area contributed by atoms with Crippen molar-refractivity contribution in [3.05, 3.63) is 23.8 Å². The summed E-state index contributed by atoms with van der Waals surface area (Å²) in [4.78, 5) is 10.7. The number of hydrogen-bond donors (Lipinski definition) is 1. The van der Waals surface area contributed by atoms with Crippen molar-refractivity contribution in [2.45, 2.75) is 6.61 Å². The van der Waals surface area contributed by atoms with Crippen molar-refractivity contribution >= 4 is 12.3 Å². The van der Waals surface area contributed by atoms with Crippen LogP contribution in [0.4, 0.5) is 13.6 Å². The molecular formula is C11H12F2N2O4. The summed E-state index contributed by atoms with van der Waals surface area (Å²) in [5, 5.41) is 3.58. The number of benzene rings is 1. The van der Waals surface area contributed by atoms with Crippen molar-refractivity contribution in [3.63, 3.8) is 0 Å². The first-order valence-corrected chi connectivity index (χ1v) is 5.06. The Hall–Kier alpha value is -2.38. The molecule has 8 heteroatoms. The largest absolute Gasteiger partial charge is 0.493 e. The summed E-state index contributed by atoms with van der Waals surface area (Å²) in [6.07, 6.45) is 0.576.